The van der Waals surface area contributed by atoms with Gasteiger partial charge in [0.05, 0.1) is 0 Å². The number of fused-ring (bicyclic) bond motifs is 1. The molecule has 0 amide bonds. The molecule has 2 unspecified atom stereocenters. The summed E-state index contributed by atoms with van der Waals surface area (Å²) < 4.78 is 5.92. The third-order valence-electron chi connectivity index (χ3n) is 3.69. The Morgan fingerprint density at radius 3 is 2.88 bits per heavy atom. The molecule has 16 heavy (non-hydrogen) atoms. The molecule has 0 bridgehead atoms. The molecule has 1 N–H and O–H groups in total. The summed E-state index contributed by atoms with van der Waals surface area (Å²) in [7, 11) is 2.02. The molecule has 2 atom stereocenters. The number of benzene rings is 1. The van der Waals surface area contributed by atoms with E-state index in [1.807, 2.05) is 19.2 Å². The van der Waals surface area contributed by atoms with Crippen molar-refractivity contribution in [3.63, 3.8) is 0 Å². The molecular weight excluding hydrogens is 198 g/mol. The molecule has 2 aromatic rings. The molecular formula is C14H17NO. The number of nitrogens with one attached hydrogen (secondary N) is 1. The first-order valence-corrected chi connectivity index (χ1v) is 6.01. The Morgan fingerprint density at radius 2 is 2.19 bits per heavy atom. The minimum Gasteiger partial charge on any atom is -0.461 e. The lowest BCUT2D eigenvalue weighted by atomic mass is 9.72. The number of hydrogen-bond acceptors (Lipinski definition) is 2. The first-order valence-electron chi connectivity index (χ1n) is 6.01. The van der Waals surface area contributed by atoms with Gasteiger partial charge in [0.2, 0.25) is 0 Å². The largest absolute Gasteiger partial charge is 0.461 e. The van der Waals surface area contributed by atoms with Crippen LogP contribution in [-0.2, 0) is 0 Å². The van der Waals surface area contributed by atoms with Gasteiger partial charge in [-0.15, -0.1) is 0 Å². The molecule has 1 aliphatic carbocycles. The third kappa shape index (κ3) is 1.54. The van der Waals surface area contributed by atoms with E-state index >= 15 is 0 Å². The number of rotatable bonds is 3. The van der Waals surface area contributed by atoms with Crippen molar-refractivity contribution in [2.45, 2.75) is 18.8 Å². The van der Waals surface area contributed by atoms with Crippen molar-refractivity contribution in [3.05, 3.63) is 36.1 Å². The van der Waals surface area contributed by atoms with Gasteiger partial charge in [0.1, 0.15) is 11.3 Å². The van der Waals surface area contributed by atoms with Gasteiger partial charge in [0.25, 0.3) is 0 Å². The average Bonchev–Trinajstić information content (AvgIpc) is 2.67. The standard InChI is InChI=1S/C14H17NO/c1-15-9-11-6-7-12(11)14-8-10-4-2-3-5-13(10)16-14/h2-5,8,11-12,15H,6-7,9H2,1H3. The van der Waals surface area contributed by atoms with E-state index in [0.717, 1.165) is 18.0 Å². The van der Waals surface area contributed by atoms with E-state index in [-0.39, 0.29) is 0 Å². The Kier molecular flexibility index (Phi) is 2.44. The second-order valence-corrected chi connectivity index (χ2v) is 4.69. The van der Waals surface area contributed by atoms with Gasteiger partial charge in [-0.25, -0.2) is 0 Å². The Balaban J connectivity index is 1.88. The number of hydrogen-bond donors (Lipinski definition) is 1. The molecule has 0 saturated heterocycles. The second kappa shape index (κ2) is 3.95. The van der Waals surface area contributed by atoms with E-state index in [2.05, 4.69) is 23.5 Å². The van der Waals surface area contributed by atoms with Crippen molar-refractivity contribution in [1.29, 1.82) is 0 Å². The van der Waals surface area contributed by atoms with Gasteiger partial charge in [-0.05, 0) is 44.5 Å². The summed E-state index contributed by atoms with van der Waals surface area (Å²) in [6, 6.07) is 10.5. The third-order valence-corrected chi connectivity index (χ3v) is 3.69. The highest BCUT2D eigenvalue weighted by molar-refractivity contribution is 5.77. The molecule has 2 heteroatoms. The molecule has 1 aromatic heterocycles. The molecule has 0 aliphatic heterocycles. The van der Waals surface area contributed by atoms with E-state index in [9.17, 15) is 0 Å². The maximum atomic E-state index is 5.92. The topological polar surface area (TPSA) is 25.2 Å². The fraction of sp³-hybridized carbons (Fsp3) is 0.429. The van der Waals surface area contributed by atoms with Gasteiger partial charge in [-0.3, -0.25) is 0 Å². The summed E-state index contributed by atoms with van der Waals surface area (Å²) in [5.74, 6) is 2.55. The lowest BCUT2D eigenvalue weighted by molar-refractivity contribution is 0.222. The van der Waals surface area contributed by atoms with E-state index in [1.165, 1.54) is 24.0 Å². The minimum absolute atomic E-state index is 0.625. The van der Waals surface area contributed by atoms with Crippen molar-refractivity contribution in [3.8, 4) is 0 Å². The van der Waals surface area contributed by atoms with Crippen LogP contribution in [0.15, 0.2) is 34.7 Å². The Bertz CT molecular complexity index is 455. The first kappa shape index (κ1) is 9.91. The van der Waals surface area contributed by atoms with Crippen LogP contribution in [0.1, 0.15) is 24.5 Å². The van der Waals surface area contributed by atoms with Gasteiger partial charge in [-0.1, -0.05) is 18.2 Å². The normalized spacial score (nSPS) is 24.6. The van der Waals surface area contributed by atoms with Gasteiger partial charge in [0, 0.05) is 11.3 Å². The first-order chi connectivity index (χ1) is 7.88. The quantitative estimate of drug-likeness (QED) is 0.850. The van der Waals surface area contributed by atoms with Gasteiger partial charge >= 0.3 is 0 Å². The van der Waals surface area contributed by atoms with Gasteiger partial charge in [0.15, 0.2) is 0 Å². The number of furan rings is 1. The van der Waals surface area contributed by atoms with Crippen molar-refractivity contribution < 1.29 is 4.42 Å². The summed E-state index contributed by atoms with van der Waals surface area (Å²) in [6.45, 7) is 1.10. The highest BCUT2D eigenvalue weighted by atomic mass is 16.3. The number of para-hydroxylation sites is 1. The van der Waals surface area contributed by atoms with Crippen LogP contribution < -0.4 is 5.32 Å². The van der Waals surface area contributed by atoms with E-state index in [4.69, 9.17) is 4.42 Å². The molecule has 1 aliphatic rings. The second-order valence-electron chi connectivity index (χ2n) is 4.69. The van der Waals surface area contributed by atoms with E-state index < -0.39 is 0 Å². The van der Waals surface area contributed by atoms with Crippen LogP contribution in [-0.4, -0.2) is 13.6 Å². The highest BCUT2D eigenvalue weighted by Crippen LogP contribution is 2.43. The zero-order chi connectivity index (χ0) is 11.0. The smallest absolute Gasteiger partial charge is 0.134 e. The molecule has 2 nitrogen and oxygen atoms in total. The molecule has 1 saturated carbocycles. The predicted molar refractivity (Wildman–Crippen MR) is 65.6 cm³/mol. The van der Waals surface area contributed by atoms with Crippen LogP contribution in [0.25, 0.3) is 11.0 Å². The van der Waals surface area contributed by atoms with Gasteiger partial charge < -0.3 is 9.73 Å². The summed E-state index contributed by atoms with van der Waals surface area (Å²) in [5, 5.41) is 4.49. The monoisotopic (exact) mass is 215 g/mol. The molecule has 3 rings (SSSR count). The molecule has 0 spiro atoms. The predicted octanol–water partition coefficient (Wildman–Crippen LogP) is 3.15. The SMILES string of the molecule is CNCC1CCC1c1cc2ccccc2o1. The lowest BCUT2D eigenvalue weighted by Crippen LogP contribution is -2.31. The maximum absolute atomic E-state index is 5.92. The van der Waals surface area contributed by atoms with Crippen LogP contribution >= 0.6 is 0 Å². The van der Waals surface area contributed by atoms with Crippen LogP contribution in [0, 0.1) is 5.92 Å². The van der Waals surface area contributed by atoms with Gasteiger partial charge in [-0.2, -0.15) is 0 Å². The van der Waals surface area contributed by atoms with Crippen LogP contribution in [0.4, 0.5) is 0 Å². The van der Waals surface area contributed by atoms with Crippen molar-refractivity contribution in [2.75, 3.05) is 13.6 Å². The van der Waals surface area contributed by atoms with E-state index in [1.54, 1.807) is 0 Å². The molecule has 1 aromatic carbocycles. The molecule has 84 valence electrons. The summed E-state index contributed by atoms with van der Waals surface area (Å²) >= 11 is 0. The fourth-order valence-corrected chi connectivity index (χ4v) is 2.64. The fourth-order valence-electron chi connectivity index (χ4n) is 2.64. The zero-order valence-electron chi connectivity index (χ0n) is 9.57. The summed E-state index contributed by atoms with van der Waals surface area (Å²) in [4.78, 5) is 0. The average molecular weight is 215 g/mol. The Labute approximate surface area is 95.6 Å². The van der Waals surface area contributed by atoms with Crippen LogP contribution in [0.3, 0.4) is 0 Å². The zero-order valence-corrected chi connectivity index (χ0v) is 9.57. The minimum atomic E-state index is 0.625. The maximum Gasteiger partial charge on any atom is 0.134 e. The van der Waals surface area contributed by atoms with Crippen molar-refractivity contribution in [1.82, 2.24) is 5.32 Å². The molecule has 0 radical (unpaired) electrons. The summed E-state index contributed by atoms with van der Waals surface area (Å²) in [6.07, 6.45) is 2.59. The van der Waals surface area contributed by atoms with Crippen molar-refractivity contribution in [2.24, 2.45) is 5.92 Å². The Morgan fingerprint density at radius 1 is 1.31 bits per heavy atom. The lowest BCUT2D eigenvalue weighted by Gasteiger charge is -2.35. The van der Waals surface area contributed by atoms with Crippen LogP contribution in [0.2, 0.25) is 0 Å². The highest BCUT2D eigenvalue weighted by Gasteiger charge is 2.33. The van der Waals surface area contributed by atoms with Crippen molar-refractivity contribution >= 4 is 11.0 Å². The molecule has 1 fully saturated rings. The molecule has 1 heterocycles. The van der Waals surface area contributed by atoms with E-state index in [0.29, 0.717) is 5.92 Å². The Hall–Kier alpha value is -1.28. The van der Waals surface area contributed by atoms with Crippen LogP contribution in [0.5, 0.6) is 0 Å². The summed E-state index contributed by atoms with van der Waals surface area (Å²) in [5.41, 5.74) is 1.02.